The van der Waals surface area contributed by atoms with Crippen molar-refractivity contribution in [3.05, 3.63) is 0 Å². The summed E-state index contributed by atoms with van der Waals surface area (Å²) in [6.07, 6.45) is 4.03. The van der Waals surface area contributed by atoms with Crippen molar-refractivity contribution in [2.24, 2.45) is 5.92 Å². The zero-order valence-electron chi connectivity index (χ0n) is 11.5. The molecule has 3 nitrogen and oxygen atoms in total. The summed E-state index contributed by atoms with van der Waals surface area (Å²) in [6.45, 7) is 5.26. The molecule has 0 heterocycles. The first-order valence-electron chi connectivity index (χ1n) is 6.44. The Kier molecular flexibility index (Phi) is 9.56. The molecule has 0 rings (SSSR count). The molecule has 0 aromatic carbocycles. The van der Waals surface area contributed by atoms with Gasteiger partial charge in [-0.05, 0) is 12.8 Å². The van der Waals surface area contributed by atoms with Gasteiger partial charge >= 0.3 is 0 Å². The third-order valence-electron chi connectivity index (χ3n) is 2.82. The predicted molar refractivity (Wildman–Crippen MR) is 72.5 cm³/mol. The van der Waals surface area contributed by atoms with E-state index in [0.717, 1.165) is 25.7 Å². The minimum atomic E-state index is -0.127. The van der Waals surface area contributed by atoms with Crippen molar-refractivity contribution in [3.8, 4) is 0 Å². The second kappa shape index (κ2) is 9.72. The molecular weight excluding hydrogens is 238 g/mol. The first-order chi connectivity index (χ1) is 8.06. The van der Waals surface area contributed by atoms with Gasteiger partial charge in [-0.1, -0.05) is 26.7 Å². The van der Waals surface area contributed by atoms with Gasteiger partial charge in [0.2, 0.25) is 5.91 Å². The molecule has 1 unspecified atom stereocenters. The summed E-state index contributed by atoms with van der Waals surface area (Å²) in [7, 11) is 3.44. The summed E-state index contributed by atoms with van der Waals surface area (Å²) < 4.78 is 4.97. The van der Waals surface area contributed by atoms with Gasteiger partial charge in [-0.2, -0.15) is 0 Å². The van der Waals surface area contributed by atoms with E-state index in [9.17, 15) is 4.79 Å². The highest BCUT2D eigenvalue weighted by molar-refractivity contribution is 6.21. The molecule has 0 saturated carbocycles. The van der Waals surface area contributed by atoms with E-state index in [1.807, 2.05) is 7.05 Å². The third kappa shape index (κ3) is 6.89. The highest BCUT2D eigenvalue weighted by Gasteiger charge is 2.21. The SMILES string of the molecule is CCCC(CCC)C(=O)N(C)CC(Cl)COC. The van der Waals surface area contributed by atoms with Gasteiger partial charge < -0.3 is 9.64 Å². The Labute approximate surface area is 110 Å². The topological polar surface area (TPSA) is 29.5 Å². The Morgan fingerprint density at radius 1 is 1.29 bits per heavy atom. The lowest BCUT2D eigenvalue weighted by Crippen LogP contribution is -2.38. The molecule has 17 heavy (non-hydrogen) atoms. The monoisotopic (exact) mass is 263 g/mol. The molecule has 0 saturated heterocycles. The van der Waals surface area contributed by atoms with E-state index in [1.54, 1.807) is 12.0 Å². The highest BCUT2D eigenvalue weighted by Crippen LogP contribution is 2.16. The number of carbonyl (C=O) groups excluding carboxylic acids is 1. The molecular formula is C13H26ClNO2. The van der Waals surface area contributed by atoms with Gasteiger partial charge in [0.25, 0.3) is 0 Å². The van der Waals surface area contributed by atoms with Gasteiger partial charge in [0.05, 0.1) is 12.0 Å². The van der Waals surface area contributed by atoms with Crippen LogP contribution in [0.5, 0.6) is 0 Å². The first kappa shape index (κ1) is 16.7. The molecule has 1 atom stereocenters. The normalized spacial score (nSPS) is 12.8. The van der Waals surface area contributed by atoms with Gasteiger partial charge in [-0.3, -0.25) is 4.79 Å². The standard InChI is InChI=1S/C13H26ClNO2/c1-5-7-11(8-6-2)13(16)15(3)9-12(14)10-17-4/h11-12H,5-10H2,1-4H3. The number of methoxy groups -OCH3 is 1. The van der Waals surface area contributed by atoms with Crippen molar-refractivity contribution >= 4 is 17.5 Å². The molecule has 4 heteroatoms. The van der Waals surface area contributed by atoms with Crippen molar-refractivity contribution in [1.82, 2.24) is 4.90 Å². The molecule has 0 aliphatic carbocycles. The maximum absolute atomic E-state index is 12.2. The van der Waals surface area contributed by atoms with Crippen LogP contribution in [0.25, 0.3) is 0 Å². The van der Waals surface area contributed by atoms with E-state index in [-0.39, 0.29) is 17.2 Å². The van der Waals surface area contributed by atoms with Crippen molar-refractivity contribution in [1.29, 1.82) is 0 Å². The maximum Gasteiger partial charge on any atom is 0.225 e. The number of hydrogen-bond acceptors (Lipinski definition) is 2. The minimum absolute atomic E-state index is 0.127. The summed E-state index contributed by atoms with van der Waals surface area (Å²) in [4.78, 5) is 13.9. The van der Waals surface area contributed by atoms with Crippen LogP contribution < -0.4 is 0 Å². The second-order valence-corrected chi connectivity index (χ2v) is 5.16. The summed E-state index contributed by atoms with van der Waals surface area (Å²) in [5, 5.41) is -0.127. The van der Waals surface area contributed by atoms with Crippen molar-refractivity contribution in [3.63, 3.8) is 0 Å². The quantitative estimate of drug-likeness (QED) is 0.599. The van der Waals surface area contributed by atoms with Gasteiger partial charge in [-0.15, -0.1) is 11.6 Å². The summed E-state index contributed by atoms with van der Waals surface area (Å²) in [5.41, 5.74) is 0. The van der Waals surface area contributed by atoms with Crippen molar-refractivity contribution < 1.29 is 9.53 Å². The molecule has 102 valence electrons. The van der Waals surface area contributed by atoms with E-state index in [4.69, 9.17) is 16.3 Å². The van der Waals surface area contributed by atoms with Crippen LogP contribution in [0.15, 0.2) is 0 Å². The van der Waals surface area contributed by atoms with Crippen LogP contribution in [0.2, 0.25) is 0 Å². The average molecular weight is 264 g/mol. The lowest BCUT2D eigenvalue weighted by molar-refractivity contribution is -0.134. The molecule has 1 amide bonds. The van der Waals surface area contributed by atoms with Gasteiger partial charge in [0.1, 0.15) is 0 Å². The van der Waals surface area contributed by atoms with Crippen LogP contribution in [-0.2, 0) is 9.53 Å². The Bertz CT molecular complexity index is 206. The summed E-state index contributed by atoms with van der Waals surface area (Å²) in [5.74, 6) is 0.372. The lowest BCUT2D eigenvalue weighted by atomic mass is 9.97. The number of alkyl halides is 1. The Morgan fingerprint density at radius 3 is 2.24 bits per heavy atom. The van der Waals surface area contributed by atoms with E-state index < -0.39 is 0 Å². The molecule has 0 spiro atoms. The Morgan fingerprint density at radius 2 is 1.82 bits per heavy atom. The number of halogens is 1. The first-order valence-corrected chi connectivity index (χ1v) is 6.88. The molecule has 0 aliphatic heterocycles. The Balaban J connectivity index is 4.23. The molecule has 0 aromatic rings. The second-order valence-electron chi connectivity index (χ2n) is 4.55. The van der Waals surface area contributed by atoms with Gasteiger partial charge in [0, 0.05) is 26.6 Å². The number of hydrogen-bond donors (Lipinski definition) is 0. The highest BCUT2D eigenvalue weighted by atomic mass is 35.5. The molecule has 0 N–H and O–H groups in total. The van der Waals surface area contributed by atoms with E-state index in [2.05, 4.69) is 13.8 Å². The number of amides is 1. The largest absolute Gasteiger partial charge is 0.383 e. The van der Waals surface area contributed by atoms with Gasteiger partial charge in [-0.25, -0.2) is 0 Å². The maximum atomic E-state index is 12.2. The number of nitrogens with zero attached hydrogens (tertiary/aromatic N) is 1. The fraction of sp³-hybridized carbons (Fsp3) is 0.923. The van der Waals surface area contributed by atoms with Crippen molar-refractivity contribution in [2.45, 2.75) is 44.9 Å². The summed E-state index contributed by atoms with van der Waals surface area (Å²) >= 11 is 6.06. The summed E-state index contributed by atoms with van der Waals surface area (Å²) in [6, 6.07) is 0. The van der Waals surface area contributed by atoms with Crippen LogP contribution >= 0.6 is 11.6 Å². The lowest BCUT2D eigenvalue weighted by Gasteiger charge is -2.25. The molecule has 0 bridgehead atoms. The van der Waals surface area contributed by atoms with Crippen LogP contribution in [0.4, 0.5) is 0 Å². The van der Waals surface area contributed by atoms with Crippen LogP contribution in [0.1, 0.15) is 39.5 Å². The number of carbonyl (C=O) groups is 1. The zero-order chi connectivity index (χ0) is 13.3. The zero-order valence-corrected chi connectivity index (χ0v) is 12.3. The fourth-order valence-electron chi connectivity index (χ4n) is 2.02. The smallest absolute Gasteiger partial charge is 0.225 e. The molecule has 0 aliphatic rings. The molecule has 0 fully saturated rings. The minimum Gasteiger partial charge on any atom is -0.383 e. The average Bonchev–Trinajstić information content (AvgIpc) is 2.28. The predicted octanol–water partition coefficient (Wildman–Crippen LogP) is 2.92. The number of rotatable bonds is 9. The Hall–Kier alpha value is -0.280. The van der Waals surface area contributed by atoms with E-state index >= 15 is 0 Å². The molecule has 0 radical (unpaired) electrons. The van der Waals surface area contributed by atoms with Crippen LogP contribution in [0, 0.1) is 5.92 Å². The van der Waals surface area contributed by atoms with Gasteiger partial charge in [0.15, 0.2) is 0 Å². The van der Waals surface area contributed by atoms with Crippen LogP contribution in [-0.4, -0.2) is 43.5 Å². The third-order valence-corrected chi connectivity index (χ3v) is 3.08. The number of ether oxygens (including phenoxy) is 1. The fourth-order valence-corrected chi connectivity index (χ4v) is 2.35. The van der Waals surface area contributed by atoms with Crippen LogP contribution in [0.3, 0.4) is 0 Å². The van der Waals surface area contributed by atoms with E-state index in [0.29, 0.717) is 13.2 Å². The van der Waals surface area contributed by atoms with Crippen molar-refractivity contribution in [2.75, 3.05) is 27.3 Å². The van der Waals surface area contributed by atoms with E-state index in [1.165, 1.54) is 0 Å². The molecule has 0 aromatic heterocycles.